The van der Waals surface area contributed by atoms with Gasteiger partial charge in [0.15, 0.2) is 0 Å². The number of rotatable bonds is 7. The number of carbonyl (C=O) groups excluding carboxylic acids is 1. The molecule has 0 aliphatic carbocycles. The van der Waals surface area contributed by atoms with Gasteiger partial charge in [-0.3, -0.25) is 9.52 Å². The van der Waals surface area contributed by atoms with E-state index < -0.39 is 10.0 Å². The molecule has 2 rings (SSSR count). The van der Waals surface area contributed by atoms with Gasteiger partial charge in [0.05, 0.1) is 24.8 Å². The van der Waals surface area contributed by atoms with Crippen LogP contribution in [0.15, 0.2) is 47.4 Å². The van der Waals surface area contributed by atoms with Crippen molar-refractivity contribution in [3.63, 3.8) is 0 Å². The van der Waals surface area contributed by atoms with Crippen molar-refractivity contribution in [1.82, 2.24) is 5.32 Å². The van der Waals surface area contributed by atoms with Gasteiger partial charge in [-0.25, -0.2) is 8.42 Å². The molecule has 0 spiro atoms. The summed E-state index contributed by atoms with van der Waals surface area (Å²) in [7, 11) is -0.920. The van der Waals surface area contributed by atoms with E-state index in [1.807, 2.05) is 13.8 Å². The average Bonchev–Trinajstić information content (AvgIpc) is 2.60. The van der Waals surface area contributed by atoms with Crippen LogP contribution in [0.1, 0.15) is 24.2 Å². The van der Waals surface area contributed by atoms with Crippen LogP contribution in [0.4, 0.5) is 5.69 Å². The van der Waals surface area contributed by atoms with Gasteiger partial charge in [0.1, 0.15) is 11.5 Å². The third-order valence-electron chi connectivity index (χ3n) is 3.50. The van der Waals surface area contributed by atoms with Crippen LogP contribution in [0.25, 0.3) is 0 Å². The second kappa shape index (κ2) is 8.09. The summed E-state index contributed by atoms with van der Waals surface area (Å²) in [5.41, 5.74) is 0.644. The van der Waals surface area contributed by atoms with E-state index in [4.69, 9.17) is 9.47 Å². The molecular weight excluding hydrogens is 356 g/mol. The Morgan fingerprint density at radius 3 is 2.19 bits per heavy atom. The van der Waals surface area contributed by atoms with Crippen LogP contribution in [0.5, 0.6) is 11.5 Å². The Bertz CT molecular complexity index is 877. The number of hydrogen-bond acceptors (Lipinski definition) is 5. The average molecular weight is 378 g/mol. The standard InChI is InChI=1S/C18H22N2O5S/c1-12(2)19-18(21)13-5-8-15(9-6-13)26(22,23)20-16-11-14(24-3)7-10-17(16)25-4/h5-12,20H,1-4H3,(H,19,21). The van der Waals surface area contributed by atoms with Crippen LogP contribution in [0.3, 0.4) is 0 Å². The lowest BCUT2D eigenvalue weighted by Crippen LogP contribution is -2.30. The van der Waals surface area contributed by atoms with E-state index in [-0.39, 0.29) is 22.5 Å². The quantitative estimate of drug-likeness (QED) is 0.772. The topological polar surface area (TPSA) is 93.7 Å². The van der Waals surface area contributed by atoms with Gasteiger partial charge < -0.3 is 14.8 Å². The maximum atomic E-state index is 12.6. The molecule has 0 saturated carbocycles. The number of benzene rings is 2. The minimum absolute atomic E-state index is 0.00639. The molecule has 0 aromatic heterocycles. The number of anilines is 1. The Kier molecular flexibility index (Phi) is 6.10. The minimum Gasteiger partial charge on any atom is -0.497 e. The molecule has 0 heterocycles. The lowest BCUT2D eigenvalue weighted by atomic mass is 10.2. The number of ether oxygens (including phenoxy) is 2. The number of nitrogens with one attached hydrogen (secondary N) is 2. The SMILES string of the molecule is COc1ccc(OC)c(NS(=O)(=O)c2ccc(C(=O)NC(C)C)cc2)c1. The molecule has 2 N–H and O–H groups in total. The number of sulfonamides is 1. The smallest absolute Gasteiger partial charge is 0.262 e. The van der Waals surface area contributed by atoms with E-state index in [1.54, 1.807) is 12.1 Å². The number of hydrogen-bond donors (Lipinski definition) is 2. The molecular formula is C18H22N2O5S. The summed E-state index contributed by atoms with van der Waals surface area (Å²) in [6.07, 6.45) is 0. The summed E-state index contributed by atoms with van der Waals surface area (Å²) in [4.78, 5) is 12.0. The molecule has 2 aromatic carbocycles. The van der Waals surface area contributed by atoms with E-state index >= 15 is 0 Å². The number of carbonyl (C=O) groups is 1. The van der Waals surface area contributed by atoms with Crippen molar-refractivity contribution in [1.29, 1.82) is 0 Å². The second-order valence-corrected chi connectivity index (χ2v) is 7.51. The fraction of sp³-hybridized carbons (Fsp3) is 0.278. The molecule has 8 heteroatoms. The molecule has 2 aromatic rings. The van der Waals surface area contributed by atoms with Gasteiger partial charge in [-0.1, -0.05) is 0 Å². The summed E-state index contributed by atoms with van der Waals surface area (Å²) in [5.74, 6) is 0.595. The van der Waals surface area contributed by atoms with Crippen LogP contribution in [0.2, 0.25) is 0 Å². The molecule has 1 amide bonds. The highest BCUT2D eigenvalue weighted by Gasteiger charge is 2.18. The summed E-state index contributed by atoms with van der Waals surface area (Å²) in [6, 6.07) is 10.5. The zero-order chi connectivity index (χ0) is 19.3. The fourth-order valence-electron chi connectivity index (χ4n) is 2.23. The third kappa shape index (κ3) is 4.66. The van der Waals surface area contributed by atoms with E-state index in [0.717, 1.165) is 0 Å². The summed E-state index contributed by atoms with van der Waals surface area (Å²) >= 11 is 0. The van der Waals surface area contributed by atoms with E-state index in [2.05, 4.69) is 10.0 Å². The maximum absolute atomic E-state index is 12.6. The molecule has 7 nitrogen and oxygen atoms in total. The Hall–Kier alpha value is -2.74. The first kappa shape index (κ1) is 19.6. The normalized spacial score (nSPS) is 11.1. The Morgan fingerprint density at radius 1 is 1.00 bits per heavy atom. The summed E-state index contributed by atoms with van der Waals surface area (Å²) in [5, 5.41) is 2.75. The van der Waals surface area contributed by atoms with Crippen LogP contribution in [-0.4, -0.2) is 34.6 Å². The van der Waals surface area contributed by atoms with Gasteiger partial charge >= 0.3 is 0 Å². The maximum Gasteiger partial charge on any atom is 0.262 e. The van der Waals surface area contributed by atoms with Crippen molar-refractivity contribution in [2.75, 3.05) is 18.9 Å². The number of amides is 1. The second-order valence-electron chi connectivity index (χ2n) is 5.82. The molecule has 140 valence electrons. The first-order valence-corrected chi connectivity index (χ1v) is 9.41. The van der Waals surface area contributed by atoms with Gasteiger partial charge in [0.2, 0.25) is 0 Å². The monoisotopic (exact) mass is 378 g/mol. The highest BCUT2D eigenvalue weighted by molar-refractivity contribution is 7.92. The first-order chi connectivity index (χ1) is 12.3. The van der Waals surface area contributed by atoms with Crippen molar-refractivity contribution in [3.05, 3.63) is 48.0 Å². The highest BCUT2D eigenvalue weighted by atomic mass is 32.2. The highest BCUT2D eigenvalue weighted by Crippen LogP contribution is 2.30. The molecule has 26 heavy (non-hydrogen) atoms. The minimum atomic E-state index is -3.85. The zero-order valence-electron chi connectivity index (χ0n) is 15.1. The van der Waals surface area contributed by atoms with Crippen LogP contribution < -0.4 is 19.5 Å². The van der Waals surface area contributed by atoms with E-state index in [0.29, 0.717) is 17.1 Å². The molecule has 0 unspecified atom stereocenters. The van der Waals surface area contributed by atoms with Gasteiger partial charge in [-0.15, -0.1) is 0 Å². The van der Waals surface area contributed by atoms with Gasteiger partial charge in [-0.05, 0) is 50.2 Å². The van der Waals surface area contributed by atoms with Gasteiger partial charge in [-0.2, -0.15) is 0 Å². The van der Waals surface area contributed by atoms with Gasteiger partial charge in [0.25, 0.3) is 15.9 Å². The largest absolute Gasteiger partial charge is 0.497 e. The predicted molar refractivity (Wildman–Crippen MR) is 99.4 cm³/mol. The number of methoxy groups -OCH3 is 2. The summed E-state index contributed by atoms with van der Waals surface area (Å²) in [6.45, 7) is 3.70. The van der Waals surface area contributed by atoms with Crippen molar-refractivity contribution >= 4 is 21.6 Å². The first-order valence-electron chi connectivity index (χ1n) is 7.92. The van der Waals surface area contributed by atoms with Crippen LogP contribution in [0, 0.1) is 0 Å². The lowest BCUT2D eigenvalue weighted by Gasteiger charge is -2.13. The molecule has 0 aliphatic rings. The fourth-order valence-corrected chi connectivity index (χ4v) is 3.29. The lowest BCUT2D eigenvalue weighted by molar-refractivity contribution is 0.0943. The van der Waals surface area contributed by atoms with Crippen LogP contribution >= 0.6 is 0 Å². The summed E-state index contributed by atoms with van der Waals surface area (Å²) < 4.78 is 38.0. The van der Waals surface area contributed by atoms with Crippen molar-refractivity contribution in [3.8, 4) is 11.5 Å². The Labute approximate surface area is 153 Å². The van der Waals surface area contributed by atoms with Crippen LogP contribution in [-0.2, 0) is 10.0 Å². The predicted octanol–water partition coefficient (Wildman–Crippen LogP) is 2.64. The zero-order valence-corrected chi connectivity index (χ0v) is 15.9. The van der Waals surface area contributed by atoms with E-state index in [9.17, 15) is 13.2 Å². The Morgan fingerprint density at radius 2 is 1.65 bits per heavy atom. The van der Waals surface area contributed by atoms with Crippen molar-refractivity contribution in [2.24, 2.45) is 0 Å². The molecule has 0 saturated heterocycles. The Balaban J connectivity index is 2.27. The molecule has 0 bridgehead atoms. The molecule has 0 fully saturated rings. The van der Waals surface area contributed by atoms with Gasteiger partial charge in [0, 0.05) is 17.7 Å². The third-order valence-corrected chi connectivity index (χ3v) is 4.88. The van der Waals surface area contributed by atoms with Crippen molar-refractivity contribution < 1.29 is 22.7 Å². The van der Waals surface area contributed by atoms with E-state index in [1.165, 1.54) is 44.6 Å². The molecule has 0 atom stereocenters. The van der Waals surface area contributed by atoms with Crippen molar-refractivity contribution in [2.45, 2.75) is 24.8 Å². The molecule has 0 aliphatic heterocycles. The molecule has 0 radical (unpaired) electrons.